The van der Waals surface area contributed by atoms with Gasteiger partial charge in [0.1, 0.15) is 0 Å². The molecule has 0 aliphatic carbocycles. The molecule has 1 N–H and O–H groups in total. The highest BCUT2D eigenvalue weighted by atomic mass is 35.5. The van der Waals surface area contributed by atoms with E-state index in [0.717, 1.165) is 14.9 Å². The molecule has 0 aliphatic heterocycles. The highest BCUT2D eigenvalue weighted by molar-refractivity contribution is 7.16. The van der Waals surface area contributed by atoms with Crippen molar-refractivity contribution in [1.29, 1.82) is 5.26 Å². The van der Waals surface area contributed by atoms with Crippen molar-refractivity contribution < 1.29 is 4.79 Å². The van der Waals surface area contributed by atoms with Gasteiger partial charge in [0.2, 0.25) is 5.91 Å². The fourth-order valence-electron chi connectivity index (χ4n) is 1.95. The topological polar surface area (TPSA) is 56.1 Å². The predicted octanol–water partition coefficient (Wildman–Crippen LogP) is 3.73. The summed E-state index contributed by atoms with van der Waals surface area (Å²) in [5, 5.41) is 11.8. The summed E-state index contributed by atoms with van der Waals surface area (Å²) >= 11 is 7.40. The highest BCUT2D eigenvalue weighted by Crippen LogP contribution is 2.22. The van der Waals surface area contributed by atoms with Crippen molar-refractivity contribution >= 4 is 34.5 Å². The van der Waals surface area contributed by atoms with E-state index < -0.39 is 0 Å². The van der Waals surface area contributed by atoms with Crippen LogP contribution in [-0.4, -0.2) is 23.9 Å². The predicted molar refractivity (Wildman–Crippen MR) is 90.1 cm³/mol. The molecule has 0 radical (unpaired) electrons. The molecular formula is C16H16ClN3OS. The van der Waals surface area contributed by atoms with E-state index in [2.05, 4.69) is 11.4 Å². The van der Waals surface area contributed by atoms with E-state index in [1.807, 2.05) is 19.1 Å². The first-order chi connectivity index (χ1) is 10.6. The lowest BCUT2D eigenvalue weighted by atomic mass is 10.2. The fraction of sp³-hybridized carbons (Fsp3) is 0.250. The van der Waals surface area contributed by atoms with Gasteiger partial charge in [-0.05, 0) is 43.3 Å². The smallest absolute Gasteiger partial charge is 0.242 e. The third-order valence-corrected chi connectivity index (χ3v) is 4.38. The Balaban J connectivity index is 1.90. The summed E-state index contributed by atoms with van der Waals surface area (Å²) in [4.78, 5) is 15.1. The molecule has 22 heavy (non-hydrogen) atoms. The largest absolute Gasteiger partial charge is 0.376 e. The number of nitrogens with one attached hydrogen (secondary N) is 1. The van der Waals surface area contributed by atoms with Gasteiger partial charge in [-0.25, -0.2) is 0 Å². The maximum atomic E-state index is 12.3. The maximum absolute atomic E-state index is 12.3. The van der Waals surface area contributed by atoms with Crippen LogP contribution in [0.2, 0.25) is 4.34 Å². The number of anilines is 1. The summed E-state index contributed by atoms with van der Waals surface area (Å²) in [6, 6.07) is 12.9. The minimum atomic E-state index is 0.0244. The molecule has 0 aliphatic rings. The van der Waals surface area contributed by atoms with E-state index >= 15 is 0 Å². The Labute approximate surface area is 138 Å². The van der Waals surface area contributed by atoms with E-state index in [1.54, 1.807) is 29.2 Å². The Morgan fingerprint density at radius 2 is 2.05 bits per heavy atom. The Bertz CT molecular complexity index is 675. The van der Waals surface area contributed by atoms with Crippen LogP contribution in [0.25, 0.3) is 0 Å². The molecule has 1 aromatic carbocycles. The van der Waals surface area contributed by atoms with Crippen molar-refractivity contribution in [2.75, 3.05) is 18.4 Å². The van der Waals surface area contributed by atoms with E-state index in [0.29, 0.717) is 18.7 Å². The minimum Gasteiger partial charge on any atom is -0.376 e. The van der Waals surface area contributed by atoms with Crippen LogP contribution in [0.4, 0.5) is 5.69 Å². The van der Waals surface area contributed by atoms with Gasteiger partial charge in [-0.2, -0.15) is 5.26 Å². The van der Waals surface area contributed by atoms with Gasteiger partial charge in [0.25, 0.3) is 0 Å². The number of likely N-dealkylation sites (N-methyl/N-ethyl adjacent to an activating group) is 1. The number of hydrogen-bond donors (Lipinski definition) is 1. The molecule has 0 atom stereocenters. The van der Waals surface area contributed by atoms with Crippen LogP contribution in [0.5, 0.6) is 0 Å². The first-order valence-corrected chi connectivity index (χ1v) is 8.08. The second-order valence-corrected chi connectivity index (χ2v) is 6.46. The van der Waals surface area contributed by atoms with Gasteiger partial charge >= 0.3 is 0 Å². The van der Waals surface area contributed by atoms with Gasteiger partial charge < -0.3 is 10.2 Å². The molecule has 2 rings (SSSR count). The average molecular weight is 334 g/mol. The van der Waals surface area contributed by atoms with Crippen molar-refractivity contribution in [3.05, 3.63) is 51.2 Å². The molecule has 1 heterocycles. The lowest BCUT2D eigenvalue weighted by Gasteiger charge is -2.20. The molecule has 0 spiro atoms. The third kappa shape index (κ3) is 4.48. The van der Waals surface area contributed by atoms with Crippen molar-refractivity contribution in [3.8, 4) is 6.07 Å². The van der Waals surface area contributed by atoms with Crippen LogP contribution in [0.1, 0.15) is 17.4 Å². The number of carbonyl (C=O) groups is 1. The number of carbonyl (C=O) groups excluding carboxylic acids is 1. The minimum absolute atomic E-state index is 0.0244. The van der Waals surface area contributed by atoms with Gasteiger partial charge in [-0.3, -0.25) is 4.79 Å². The molecule has 6 heteroatoms. The molecule has 1 aromatic heterocycles. The summed E-state index contributed by atoms with van der Waals surface area (Å²) in [7, 11) is 0. The monoisotopic (exact) mass is 333 g/mol. The van der Waals surface area contributed by atoms with Crippen molar-refractivity contribution in [1.82, 2.24) is 4.90 Å². The first kappa shape index (κ1) is 16.3. The summed E-state index contributed by atoms with van der Waals surface area (Å²) < 4.78 is 0.731. The number of nitriles is 1. The molecule has 0 bridgehead atoms. The molecule has 1 amide bonds. The lowest BCUT2D eigenvalue weighted by molar-refractivity contribution is -0.129. The number of rotatable bonds is 6. The molecule has 2 aromatic rings. The summed E-state index contributed by atoms with van der Waals surface area (Å²) in [5.41, 5.74) is 1.42. The standard InChI is InChI=1S/C16H16ClN3OS/c1-2-20(11-14-7-8-15(17)22-14)16(21)10-19-13-5-3-12(9-18)4-6-13/h3-8,19H,2,10-11H2,1H3. The lowest BCUT2D eigenvalue weighted by Crippen LogP contribution is -2.34. The van der Waals surface area contributed by atoms with Crippen LogP contribution in [0, 0.1) is 11.3 Å². The molecule has 0 fully saturated rings. The number of amides is 1. The zero-order chi connectivity index (χ0) is 15.9. The SMILES string of the molecule is CCN(Cc1ccc(Cl)s1)C(=O)CNc1ccc(C#N)cc1. The second kappa shape index (κ2) is 7.83. The Morgan fingerprint density at radius 1 is 1.32 bits per heavy atom. The van der Waals surface area contributed by atoms with Gasteiger partial charge in [-0.15, -0.1) is 11.3 Å². The Hall–Kier alpha value is -2.03. The van der Waals surface area contributed by atoms with Gasteiger partial charge in [-0.1, -0.05) is 11.6 Å². The van der Waals surface area contributed by atoms with Crippen molar-refractivity contribution in [3.63, 3.8) is 0 Å². The number of halogens is 1. The molecule has 4 nitrogen and oxygen atoms in total. The number of thiophene rings is 1. The quantitative estimate of drug-likeness (QED) is 0.876. The third-order valence-electron chi connectivity index (χ3n) is 3.17. The van der Waals surface area contributed by atoms with E-state index in [4.69, 9.17) is 16.9 Å². The van der Waals surface area contributed by atoms with Crippen molar-refractivity contribution in [2.24, 2.45) is 0 Å². The zero-order valence-electron chi connectivity index (χ0n) is 12.2. The number of benzene rings is 1. The summed E-state index contributed by atoms with van der Waals surface area (Å²) in [6.45, 7) is 3.39. The van der Waals surface area contributed by atoms with Crippen LogP contribution in [0.15, 0.2) is 36.4 Å². The van der Waals surface area contributed by atoms with Crippen molar-refractivity contribution in [2.45, 2.75) is 13.5 Å². The molecular weight excluding hydrogens is 318 g/mol. The van der Waals surface area contributed by atoms with E-state index in [1.165, 1.54) is 11.3 Å². The second-order valence-electron chi connectivity index (χ2n) is 4.66. The van der Waals surface area contributed by atoms with Gasteiger partial charge in [0.05, 0.1) is 29.1 Å². The van der Waals surface area contributed by atoms with Crippen LogP contribution < -0.4 is 5.32 Å². The average Bonchev–Trinajstić information content (AvgIpc) is 2.96. The van der Waals surface area contributed by atoms with E-state index in [-0.39, 0.29) is 12.5 Å². The molecule has 0 unspecified atom stereocenters. The molecule has 0 saturated heterocycles. The first-order valence-electron chi connectivity index (χ1n) is 6.88. The fourth-order valence-corrected chi connectivity index (χ4v) is 3.06. The number of nitrogens with zero attached hydrogens (tertiary/aromatic N) is 2. The zero-order valence-corrected chi connectivity index (χ0v) is 13.7. The van der Waals surface area contributed by atoms with Crippen LogP contribution in [0.3, 0.4) is 0 Å². The molecule has 114 valence electrons. The highest BCUT2D eigenvalue weighted by Gasteiger charge is 2.13. The van der Waals surface area contributed by atoms with Crippen LogP contribution in [-0.2, 0) is 11.3 Å². The maximum Gasteiger partial charge on any atom is 0.242 e. The molecule has 0 saturated carbocycles. The van der Waals surface area contributed by atoms with Gasteiger partial charge in [0, 0.05) is 17.1 Å². The normalized spacial score (nSPS) is 10.0. The van der Waals surface area contributed by atoms with Crippen LogP contribution >= 0.6 is 22.9 Å². The Kier molecular flexibility index (Phi) is 5.82. The summed E-state index contributed by atoms with van der Waals surface area (Å²) in [5.74, 6) is 0.0244. The van der Waals surface area contributed by atoms with E-state index in [9.17, 15) is 4.79 Å². The van der Waals surface area contributed by atoms with Gasteiger partial charge in [0.15, 0.2) is 0 Å². The number of hydrogen-bond acceptors (Lipinski definition) is 4. The summed E-state index contributed by atoms with van der Waals surface area (Å²) in [6.07, 6.45) is 0. The Morgan fingerprint density at radius 3 is 2.59 bits per heavy atom.